The van der Waals surface area contributed by atoms with Gasteiger partial charge in [0.1, 0.15) is 10.6 Å². The zero-order valence-electron chi connectivity index (χ0n) is 10.1. The van der Waals surface area contributed by atoms with Gasteiger partial charge in [-0.05, 0) is 18.6 Å². The highest BCUT2D eigenvalue weighted by Gasteiger charge is 2.18. The topological polar surface area (TPSA) is 59.4 Å². The molecule has 0 radical (unpaired) electrons. The van der Waals surface area contributed by atoms with Gasteiger partial charge in [-0.25, -0.2) is 9.78 Å². The number of thiazole rings is 1. The summed E-state index contributed by atoms with van der Waals surface area (Å²) in [5, 5.41) is 10.0. The molecule has 1 heterocycles. The minimum atomic E-state index is -0.940. The molecular weight excluding hydrogens is 250 g/mol. The van der Waals surface area contributed by atoms with Crippen LogP contribution >= 0.6 is 11.3 Å². The first kappa shape index (κ1) is 12.6. The first-order chi connectivity index (χ1) is 8.65. The average molecular weight is 263 g/mol. The van der Waals surface area contributed by atoms with Gasteiger partial charge in [-0.15, -0.1) is 11.3 Å². The van der Waals surface area contributed by atoms with Crippen LogP contribution in [0.2, 0.25) is 0 Å². The summed E-state index contributed by atoms with van der Waals surface area (Å²) in [5.74, 6) is -0.250. The number of hydrogen-bond acceptors (Lipinski definition) is 4. The lowest BCUT2D eigenvalue weighted by Gasteiger charge is -2.02. The van der Waals surface area contributed by atoms with Crippen molar-refractivity contribution < 1.29 is 14.6 Å². The van der Waals surface area contributed by atoms with Crippen LogP contribution in [0.1, 0.15) is 21.6 Å². The predicted octanol–water partition coefficient (Wildman–Crippen LogP) is 3.08. The van der Waals surface area contributed by atoms with Gasteiger partial charge in [0.2, 0.25) is 0 Å². The van der Waals surface area contributed by atoms with Crippen molar-refractivity contribution in [2.45, 2.75) is 13.3 Å². The van der Waals surface area contributed by atoms with Crippen molar-refractivity contribution in [3.8, 4) is 17.0 Å². The number of hydrogen-bond donors (Lipinski definition) is 1. The largest absolute Gasteiger partial charge is 0.497 e. The van der Waals surface area contributed by atoms with Crippen LogP contribution in [0.15, 0.2) is 24.3 Å². The van der Waals surface area contributed by atoms with Crippen molar-refractivity contribution in [1.29, 1.82) is 0 Å². The van der Waals surface area contributed by atoms with E-state index in [0.29, 0.717) is 11.4 Å². The molecule has 1 N–H and O–H groups in total. The molecule has 5 heteroatoms. The van der Waals surface area contributed by atoms with Crippen LogP contribution < -0.4 is 4.74 Å². The van der Waals surface area contributed by atoms with Gasteiger partial charge in [0.05, 0.1) is 17.8 Å². The Hall–Kier alpha value is -1.88. The van der Waals surface area contributed by atoms with E-state index < -0.39 is 5.97 Å². The fourth-order valence-corrected chi connectivity index (χ4v) is 2.49. The number of nitrogens with zero attached hydrogens (tertiary/aromatic N) is 1. The fourth-order valence-electron chi connectivity index (χ4n) is 1.63. The number of aromatic nitrogens is 1. The molecule has 0 aliphatic heterocycles. The Kier molecular flexibility index (Phi) is 3.62. The molecule has 2 rings (SSSR count). The lowest BCUT2D eigenvalue weighted by Crippen LogP contribution is -1.95. The zero-order valence-corrected chi connectivity index (χ0v) is 11.0. The lowest BCUT2D eigenvalue weighted by molar-refractivity contribution is 0.0702. The first-order valence-corrected chi connectivity index (χ1v) is 6.34. The Morgan fingerprint density at radius 3 is 2.89 bits per heavy atom. The van der Waals surface area contributed by atoms with E-state index >= 15 is 0 Å². The molecule has 1 aromatic heterocycles. The number of aromatic carboxylic acids is 1. The number of aryl methyl sites for hydroxylation is 1. The number of rotatable bonds is 4. The molecule has 0 unspecified atom stereocenters. The van der Waals surface area contributed by atoms with Crippen molar-refractivity contribution >= 4 is 17.3 Å². The molecule has 0 saturated heterocycles. The number of carboxylic acid groups (broad SMARTS) is 1. The molecule has 2 aromatic rings. The standard InChI is InChI=1S/C13H13NO3S/c1-3-10-14-11(12(18-10)13(15)16)8-5-4-6-9(7-8)17-2/h4-7H,3H2,1-2H3,(H,15,16). The maximum atomic E-state index is 11.2. The van der Waals surface area contributed by atoms with Crippen LogP contribution in [0.5, 0.6) is 5.75 Å². The summed E-state index contributed by atoms with van der Waals surface area (Å²) in [7, 11) is 1.58. The summed E-state index contributed by atoms with van der Waals surface area (Å²) in [6, 6.07) is 7.27. The molecule has 0 spiro atoms. The van der Waals surface area contributed by atoms with Gasteiger partial charge in [0.25, 0.3) is 0 Å². The third-order valence-corrected chi connectivity index (χ3v) is 3.70. The zero-order chi connectivity index (χ0) is 13.1. The third-order valence-electron chi connectivity index (χ3n) is 2.51. The van der Waals surface area contributed by atoms with Crippen LogP contribution in [0, 0.1) is 0 Å². The van der Waals surface area contributed by atoms with Gasteiger partial charge in [-0.1, -0.05) is 19.1 Å². The summed E-state index contributed by atoms with van der Waals surface area (Å²) in [4.78, 5) is 15.9. The maximum Gasteiger partial charge on any atom is 0.348 e. The van der Waals surface area contributed by atoms with Gasteiger partial charge < -0.3 is 9.84 Å². The summed E-state index contributed by atoms with van der Waals surface area (Å²) >= 11 is 1.22. The van der Waals surface area contributed by atoms with E-state index in [2.05, 4.69) is 4.98 Å². The highest BCUT2D eigenvalue weighted by atomic mass is 32.1. The van der Waals surface area contributed by atoms with E-state index in [1.165, 1.54) is 11.3 Å². The van der Waals surface area contributed by atoms with Crippen LogP contribution in [0.3, 0.4) is 0 Å². The highest BCUT2D eigenvalue weighted by Crippen LogP contribution is 2.30. The van der Waals surface area contributed by atoms with E-state index in [1.54, 1.807) is 13.2 Å². The molecular formula is C13H13NO3S. The second-order valence-electron chi connectivity index (χ2n) is 3.68. The van der Waals surface area contributed by atoms with Crippen molar-refractivity contribution in [3.63, 3.8) is 0 Å². The van der Waals surface area contributed by atoms with E-state index in [-0.39, 0.29) is 4.88 Å². The molecule has 0 fully saturated rings. The second-order valence-corrected chi connectivity index (χ2v) is 4.76. The molecule has 0 bridgehead atoms. The number of methoxy groups -OCH3 is 1. The van der Waals surface area contributed by atoms with Crippen LogP contribution in [-0.4, -0.2) is 23.2 Å². The van der Waals surface area contributed by atoms with E-state index in [1.807, 2.05) is 25.1 Å². The van der Waals surface area contributed by atoms with Crippen molar-refractivity contribution in [2.75, 3.05) is 7.11 Å². The normalized spacial score (nSPS) is 10.3. The summed E-state index contributed by atoms with van der Waals surface area (Å²) in [6.07, 6.45) is 0.731. The number of ether oxygens (including phenoxy) is 1. The van der Waals surface area contributed by atoms with E-state index in [9.17, 15) is 9.90 Å². The van der Waals surface area contributed by atoms with Crippen molar-refractivity contribution in [2.24, 2.45) is 0 Å². The Labute approximate surface area is 109 Å². The quantitative estimate of drug-likeness (QED) is 0.920. The Bertz CT molecular complexity index is 577. The Balaban J connectivity index is 2.54. The molecule has 94 valence electrons. The van der Waals surface area contributed by atoms with Crippen LogP contribution in [-0.2, 0) is 6.42 Å². The van der Waals surface area contributed by atoms with E-state index in [4.69, 9.17) is 4.74 Å². The summed E-state index contributed by atoms with van der Waals surface area (Å²) in [5.41, 5.74) is 1.28. The fraction of sp³-hybridized carbons (Fsp3) is 0.231. The smallest absolute Gasteiger partial charge is 0.348 e. The minimum Gasteiger partial charge on any atom is -0.497 e. The Morgan fingerprint density at radius 2 is 2.28 bits per heavy atom. The van der Waals surface area contributed by atoms with Crippen molar-refractivity contribution in [3.05, 3.63) is 34.2 Å². The van der Waals surface area contributed by atoms with Gasteiger partial charge in [-0.2, -0.15) is 0 Å². The monoisotopic (exact) mass is 263 g/mol. The predicted molar refractivity (Wildman–Crippen MR) is 70.4 cm³/mol. The third kappa shape index (κ3) is 2.36. The average Bonchev–Trinajstić information content (AvgIpc) is 2.83. The van der Waals surface area contributed by atoms with Gasteiger partial charge >= 0.3 is 5.97 Å². The second kappa shape index (κ2) is 5.18. The number of carboxylic acids is 1. The molecule has 0 aliphatic carbocycles. The Morgan fingerprint density at radius 1 is 1.50 bits per heavy atom. The molecule has 18 heavy (non-hydrogen) atoms. The number of benzene rings is 1. The molecule has 0 amide bonds. The van der Waals surface area contributed by atoms with Crippen LogP contribution in [0.4, 0.5) is 0 Å². The summed E-state index contributed by atoms with van der Waals surface area (Å²) < 4.78 is 5.14. The van der Waals surface area contributed by atoms with Crippen LogP contribution in [0.25, 0.3) is 11.3 Å². The van der Waals surface area contributed by atoms with Gasteiger partial charge in [0.15, 0.2) is 0 Å². The van der Waals surface area contributed by atoms with Crippen molar-refractivity contribution in [1.82, 2.24) is 4.98 Å². The number of carbonyl (C=O) groups is 1. The van der Waals surface area contributed by atoms with E-state index in [0.717, 1.165) is 17.0 Å². The molecule has 1 aromatic carbocycles. The minimum absolute atomic E-state index is 0.278. The molecule has 0 saturated carbocycles. The first-order valence-electron chi connectivity index (χ1n) is 5.53. The maximum absolute atomic E-state index is 11.2. The molecule has 0 atom stereocenters. The SMILES string of the molecule is CCc1nc(-c2cccc(OC)c2)c(C(=O)O)s1. The highest BCUT2D eigenvalue weighted by molar-refractivity contribution is 7.14. The van der Waals surface area contributed by atoms with Gasteiger partial charge in [-0.3, -0.25) is 0 Å². The lowest BCUT2D eigenvalue weighted by atomic mass is 10.1. The molecule has 4 nitrogen and oxygen atoms in total. The molecule has 0 aliphatic rings. The van der Waals surface area contributed by atoms with Gasteiger partial charge in [0, 0.05) is 5.56 Å². The summed E-state index contributed by atoms with van der Waals surface area (Å²) in [6.45, 7) is 1.96.